The first-order valence-corrected chi connectivity index (χ1v) is 12.7. The van der Waals surface area contributed by atoms with Gasteiger partial charge in [-0.3, -0.25) is 4.79 Å². The Morgan fingerprint density at radius 3 is 2.15 bits per heavy atom. The maximum atomic E-state index is 12.8. The zero-order valence-electron chi connectivity index (χ0n) is 19.5. The molecular formula is C24H32N4O4S. The Labute approximate surface area is 196 Å². The molecule has 1 amide bonds. The van der Waals surface area contributed by atoms with E-state index >= 15 is 0 Å². The number of amides is 1. The van der Waals surface area contributed by atoms with Crippen LogP contribution < -0.4 is 0 Å². The number of hydrogen-bond acceptors (Lipinski definition) is 4. The molecule has 1 aromatic heterocycles. The quantitative estimate of drug-likeness (QED) is 0.625. The summed E-state index contributed by atoms with van der Waals surface area (Å²) in [6.45, 7) is 9.16. The van der Waals surface area contributed by atoms with E-state index in [9.17, 15) is 13.2 Å². The second-order valence-electron chi connectivity index (χ2n) is 8.57. The molecule has 8 nitrogen and oxygen atoms in total. The fraction of sp³-hybridized carbons (Fsp3) is 0.458. The predicted molar refractivity (Wildman–Crippen MR) is 128 cm³/mol. The van der Waals surface area contributed by atoms with Crippen LogP contribution in [0.2, 0.25) is 0 Å². The van der Waals surface area contributed by atoms with Gasteiger partial charge in [0.1, 0.15) is 0 Å². The summed E-state index contributed by atoms with van der Waals surface area (Å²) >= 11 is 0. The van der Waals surface area contributed by atoms with E-state index in [0.29, 0.717) is 52.5 Å². The van der Waals surface area contributed by atoms with Gasteiger partial charge < -0.3 is 14.2 Å². The molecule has 2 aliphatic rings. The summed E-state index contributed by atoms with van der Waals surface area (Å²) in [6.07, 6.45) is 3.44. The third-order valence-corrected chi connectivity index (χ3v) is 8.38. The molecular weight excluding hydrogens is 440 g/mol. The number of benzene rings is 1. The summed E-state index contributed by atoms with van der Waals surface area (Å²) in [7, 11) is -3.50. The van der Waals surface area contributed by atoms with E-state index in [1.54, 1.807) is 11.0 Å². The normalized spacial score (nSPS) is 18.8. The van der Waals surface area contributed by atoms with Gasteiger partial charge in [-0.1, -0.05) is 17.7 Å². The van der Waals surface area contributed by atoms with Crippen LogP contribution in [-0.2, 0) is 19.7 Å². The van der Waals surface area contributed by atoms with E-state index < -0.39 is 10.2 Å². The van der Waals surface area contributed by atoms with Crippen molar-refractivity contribution in [3.63, 3.8) is 0 Å². The second kappa shape index (κ2) is 9.80. The van der Waals surface area contributed by atoms with Crippen LogP contribution in [0.3, 0.4) is 0 Å². The van der Waals surface area contributed by atoms with Crippen LogP contribution in [0.4, 0.5) is 0 Å². The average Bonchev–Trinajstić information content (AvgIpc) is 3.11. The Balaban J connectivity index is 1.39. The Hall–Kier alpha value is -2.46. The van der Waals surface area contributed by atoms with Crippen molar-refractivity contribution in [1.29, 1.82) is 0 Å². The number of morpholine rings is 1. The van der Waals surface area contributed by atoms with Gasteiger partial charge >= 0.3 is 0 Å². The van der Waals surface area contributed by atoms with Crippen molar-refractivity contribution in [3.05, 3.63) is 58.9 Å². The molecule has 0 radical (unpaired) electrons. The van der Waals surface area contributed by atoms with Crippen molar-refractivity contribution in [2.75, 3.05) is 52.5 Å². The van der Waals surface area contributed by atoms with Crippen molar-refractivity contribution in [3.8, 4) is 5.69 Å². The molecule has 4 rings (SSSR count). The monoisotopic (exact) mass is 472 g/mol. The number of hydrogen-bond donors (Lipinski definition) is 0. The predicted octanol–water partition coefficient (Wildman–Crippen LogP) is 2.14. The van der Waals surface area contributed by atoms with E-state index in [0.717, 1.165) is 22.6 Å². The van der Waals surface area contributed by atoms with E-state index in [1.807, 2.05) is 13.0 Å². The van der Waals surface area contributed by atoms with Gasteiger partial charge in [-0.2, -0.15) is 17.0 Å². The zero-order valence-corrected chi connectivity index (χ0v) is 20.3. The molecule has 0 atom stereocenters. The lowest BCUT2D eigenvalue weighted by Crippen LogP contribution is -2.55. The lowest BCUT2D eigenvalue weighted by atomic mass is 10.2. The maximum Gasteiger partial charge on any atom is 0.282 e. The third-order valence-electron chi connectivity index (χ3n) is 6.34. The van der Waals surface area contributed by atoms with Crippen LogP contribution in [0, 0.1) is 20.8 Å². The molecule has 2 saturated heterocycles. The highest BCUT2D eigenvalue weighted by Gasteiger charge is 2.33. The minimum atomic E-state index is -3.50. The summed E-state index contributed by atoms with van der Waals surface area (Å²) in [5.41, 5.74) is 5.48. The highest BCUT2D eigenvalue weighted by Crippen LogP contribution is 2.22. The number of aryl methyl sites for hydroxylation is 2. The molecule has 0 saturated carbocycles. The number of piperazine rings is 1. The average molecular weight is 473 g/mol. The number of rotatable bonds is 5. The molecule has 9 heteroatoms. The van der Waals surface area contributed by atoms with Crippen molar-refractivity contribution in [2.24, 2.45) is 0 Å². The third kappa shape index (κ3) is 5.06. The summed E-state index contributed by atoms with van der Waals surface area (Å²) in [5.74, 6) is -0.0986. The SMILES string of the molecule is Cc1ccc(-n2c(C)cc(/C=C/C(=O)N3CCN(S(=O)(=O)N4CCOCC4)CC3)c2C)cc1. The van der Waals surface area contributed by atoms with E-state index in [-0.39, 0.29) is 5.91 Å². The smallest absolute Gasteiger partial charge is 0.282 e. The number of carbonyl (C=O) groups excluding carboxylic acids is 1. The van der Waals surface area contributed by atoms with Crippen molar-refractivity contribution >= 4 is 22.2 Å². The number of ether oxygens (including phenoxy) is 1. The Kier molecular flexibility index (Phi) is 7.04. The van der Waals surface area contributed by atoms with Gasteiger partial charge in [0.2, 0.25) is 5.91 Å². The van der Waals surface area contributed by atoms with Crippen LogP contribution in [0.15, 0.2) is 36.4 Å². The second-order valence-corrected chi connectivity index (χ2v) is 10.5. The molecule has 0 unspecified atom stereocenters. The van der Waals surface area contributed by atoms with Gasteiger partial charge in [0.05, 0.1) is 13.2 Å². The first kappa shape index (κ1) is 23.7. The lowest BCUT2D eigenvalue weighted by Gasteiger charge is -2.37. The van der Waals surface area contributed by atoms with E-state index in [4.69, 9.17) is 4.74 Å². The fourth-order valence-corrected chi connectivity index (χ4v) is 5.96. The Morgan fingerprint density at radius 2 is 1.52 bits per heavy atom. The summed E-state index contributed by atoms with van der Waals surface area (Å²) in [4.78, 5) is 14.5. The van der Waals surface area contributed by atoms with Crippen LogP contribution in [-0.4, -0.2) is 84.9 Å². The van der Waals surface area contributed by atoms with E-state index in [1.165, 1.54) is 14.2 Å². The molecule has 2 aromatic rings. The van der Waals surface area contributed by atoms with Crippen molar-refractivity contribution in [2.45, 2.75) is 20.8 Å². The Bertz CT molecular complexity index is 1120. The van der Waals surface area contributed by atoms with Crippen molar-refractivity contribution in [1.82, 2.24) is 18.1 Å². The minimum absolute atomic E-state index is 0.0986. The van der Waals surface area contributed by atoms with E-state index in [2.05, 4.69) is 48.7 Å². The summed E-state index contributed by atoms with van der Waals surface area (Å²) < 4.78 is 36.0. The number of carbonyl (C=O) groups is 1. The van der Waals surface area contributed by atoms with Gasteiger partial charge in [0.15, 0.2) is 0 Å². The summed E-state index contributed by atoms with van der Waals surface area (Å²) in [5, 5.41) is 0. The van der Waals surface area contributed by atoms with Crippen LogP contribution >= 0.6 is 0 Å². The van der Waals surface area contributed by atoms with Gasteiger partial charge in [-0.25, -0.2) is 0 Å². The minimum Gasteiger partial charge on any atom is -0.379 e. The highest BCUT2D eigenvalue weighted by atomic mass is 32.2. The molecule has 33 heavy (non-hydrogen) atoms. The highest BCUT2D eigenvalue weighted by molar-refractivity contribution is 7.86. The largest absolute Gasteiger partial charge is 0.379 e. The van der Waals surface area contributed by atoms with Gasteiger partial charge in [-0.15, -0.1) is 0 Å². The van der Waals surface area contributed by atoms with Crippen LogP contribution in [0.1, 0.15) is 22.5 Å². The zero-order chi connectivity index (χ0) is 23.6. The molecule has 3 heterocycles. The molecule has 0 aliphatic carbocycles. The summed E-state index contributed by atoms with van der Waals surface area (Å²) in [6, 6.07) is 10.4. The molecule has 178 valence electrons. The topological polar surface area (TPSA) is 75.1 Å². The number of nitrogens with zero attached hydrogens (tertiary/aromatic N) is 4. The molecule has 1 aromatic carbocycles. The first-order valence-electron chi connectivity index (χ1n) is 11.3. The van der Waals surface area contributed by atoms with Gasteiger partial charge in [-0.05, 0) is 50.6 Å². The molecule has 0 spiro atoms. The molecule has 2 fully saturated rings. The standard InChI is InChI=1S/C24H32N4O4S/c1-19-4-7-23(8-5-19)28-20(2)18-22(21(28)3)6-9-24(29)25-10-12-26(13-11-25)33(30,31)27-14-16-32-17-15-27/h4-9,18H,10-17H2,1-3H3/b9-6+. The van der Waals surface area contributed by atoms with Crippen LogP contribution in [0.25, 0.3) is 11.8 Å². The van der Waals surface area contributed by atoms with Gasteiger partial charge in [0.25, 0.3) is 10.2 Å². The molecule has 2 aliphatic heterocycles. The van der Waals surface area contributed by atoms with Gasteiger partial charge in [0, 0.05) is 62.4 Å². The van der Waals surface area contributed by atoms with Crippen LogP contribution in [0.5, 0.6) is 0 Å². The first-order chi connectivity index (χ1) is 15.8. The fourth-order valence-electron chi connectivity index (χ4n) is 4.39. The van der Waals surface area contributed by atoms with Crippen molar-refractivity contribution < 1.29 is 17.9 Å². The maximum absolute atomic E-state index is 12.8. The lowest BCUT2D eigenvalue weighted by molar-refractivity contribution is -0.127. The Morgan fingerprint density at radius 1 is 0.909 bits per heavy atom. The number of aromatic nitrogens is 1. The molecule has 0 bridgehead atoms. The molecule has 0 N–H and O–H groups in total.